The highest BCUT2D eigenvalue weighted by Crippen LogP contribution is 2.36. The molecule has 2 aromatic carbocycles. The van der Waals surface area contributed by atoms with Crippen LogP contribution in [0.1, 0.15) is 25.7 Å². The molecule has 0 saturated heterocycles. The fourth-order valence-electron chi connectivity index (χ4n) is 5.48. The Labute approximate surface area is 226 Å². The maximum Gasteiger partial charge on any atom is 0.227 e. The summed E-state index contributed by atoms with van der Waals surface area (Å²) in [6, 6.07) is 13.3. The standard InChI is InChI=1S/C30H23F2N7O/c31-22-8-4-3-7-20(22)21-11-12-34-28-26(21)36-29(37-28)27-24-23(38-39-27)10-9-19(25(24)32)17-13-18(15-33-14-17)35-30(40)16-5-1-2-6-16/h3-4,7-16H,1-2,5-6H2,(H,35,40)(H,38,39)(H,34,36,37). The van der Waals surface area contributed by atoms with Crippen molar-refractivity contribution in [3.63, 3.8) is 0 Å². The van der Waals surface area contributed by atoms with Gasteiger partial charge in [-0.15, -0.1) is 0 Å². The summed E-state index contributed by atoms with van der Waals surface area (Å²) in [7, 11) is 0. The summed E-state index contributed by atoms with van der Waals surface area (Å²) < 4.78 is 30.7. The maximum absolute atomic E-state index is 16.1. The zero-order chi connectivity index (χ0) is 27.2. The summed E-state index contributed by atoms with van der Waals surface area (Å²) in [5.41, 5.74) is 3.96. The quantitative estimate of drug-likeness (QED) is 0.229. The Balaban J connectivity index is 1.29. The Morgan fingerprint density at radius 3 is 2.67 bits per heavy atom. The highest BCUT2D eigenvalue weighted by Gasteiger charge is 2.24. The van der Waals surface area contributed by atoms with Crippen LogP contribution in [0.3, 0.4) is 0 Å². The average Bonchev–Trinajstić information content (AvgIpc) is 3.73. The highest BCUT2D eigenvalue weighted by molar-refractivity contribution is 5.98. The number of carbonyl (C=O) groups is 1. The molecule has 0 aliphatic heterocycles. The molecule has 3 N–H and O–H groups in total. The van der Waals surface area contributed by atoms with Crippen LogP contribution in [0.15, 0.2) is 67.1 Å². The van der Waals surface area contributed by atoms with Crippen LogP contribution in [0.25, 0.3) is 55.8 Å². The number of fused-ring (bicyclic) bond motifs is 2. The molecule has 0 bridgehead atoms. The number of hydrogen-bond donors (Lipinski definition) is 3. The number of halogens is 2. The number of amides is 1. The summed E-state index contributed by atoms with van der Waals surface area (Å²) in [5.74, 6) is -0.614. The number of imidazole rings is 1. The van der Waals surface area contributed by atoms with E-state index in [-0.39, 0.29) is 28.7 Å². The minimum atomic E-state index is -0.509. The second kappa shape index (κ2) is 9.64. The molecule has 1 aliphatic carbocycles. The van der Waals surface area contributed by atoms with Crippen LogP contribution < -0.4 is 5.32 Å². The van der Waals surface area contributed by atoms with E-state index in [1.54, 1.807) is 61.1 Å². The minimum absolute atomic E-state index is 0.00225. The van der Waals surface area contributed by atoms with Crippen molar-refractivity contribution in [1.82, 2.24) is 30.1 Å². The first-order valence-corrected chi connectivity index (χ1v) is 13.1. The topological polar surface area (TPSA) is 112 Å². The van der Waals surface area contributed by atoms with E-state index in [9.17, 15) is 9.18 Å². The van der Waals surface area contributed by atoms with Gasteiger partial charge in [-0.3, -0.25) is 14.9 Å². The first-order valence-electron chi connectivity index (χ1n) is 13.1. The van der Waals surface area contributed by atoms with Gasteiger partial charge in [0.25, 0.3) is 0 Å². The molecule has 0 unspecified atom stereocenters. The van der Waals surface area contributed by atoms with Crippen LogP contribution in [0.2, 0.25) is 0 Å². The number of anilines is 1. The van der Waals surface area contributed by atoms with Gasteiger partial charge in [-0.05, 0) is 43.2 Å². The molecule has 198 valence electrons. The predicted molar refractivity (Wildman–Crippen MR) is 148 cm³/mol. The molecule has 8 nitrogen and oxygen atoms in total. The number of hydrogen-bond acceptors (Lipinski definition) is 5. The minimum Gasteiger partial charge on any atom is -0.335 e. The van der Waals surface area contributed by atoms with Crippen LogP contribution in [0.5, 0.6) is 0 Å². The molecular weight excluding hydrogens is 512 g/mol. The Morgan fingerprint density at radius 2 is 1.82 bits per heavy atom. The monoisotopic (exact) mass is 535 g/mol. The van der Waals surface area contributed by atoms with Crippen molar-refractivity contribution in [2.75, 3.05) is 5.32 Å². The van der Waals surface area contributed by atoms with Crippen LogP contribution in [-0.4, -0.2) is 36.0 Å². The van der Waals surface area contributed by atoms with Crippen LogP contribution >= 0.6 is 0 Å². The number of aromatic amines is 2. The van der Waals surface area contributed by atoms with Gasteiger partial charge < -0.3 is 10.3 Å². The van der Waals surface area contributed by atoms with Crippen LogP contribution in [0.4, 0.5) is 14.5 Å². The number of benzene rings is 2. The third-order valence-electron chi connectivity index (χ3n) is 7.49. The molecule has 10 heteroatoms. The largest absolute Gasteiger partial charge is 0.335 e. The van der Waals surface area contributed by atoms with Crippen molar-refractivity contribution in [2.24, 2.45) is 5.92 Å². The number of pyridine rings is 2. The molecule has 7 rings (SSSR count). The number of H-pyrrole nitrogens is 2. The van der Waals surface area contributed by atoms with Gasteiger partial charge in [0.1, 0.15) is 17.3 Å². The average molecular weight is 536 g/mol. The molecule has 4 aromatic heterocycles. The fourth-order valence-corrected chi connectivity index (χ4v) is 5.48. The Hall–Kier alpha value is -4.99. The summed E-state index contributed by atoms with van der Waals surface area (Å²) in [4.78, 5) is 28.9. The van der Waals surface area contributed by atoms with Gasteiger partial charge in [0.05, 0.1) is 28.3 Å². The van der Waals surface area contributed by atoms with Gasteiger partial charge >= 0.3 is 0 Å². The summed E-state index contributed by atoms with van der Waals surface area (Å²) in [6.45, 7) is 0. The van der Waals surface area contributed by atoms with E-state index in [1.165, 1.54) is 6.07 Å². The van der Waals surface area contributed by atoms with E-state index in [4.69, 9.17) is 0 Å². The smallest absolute Gasteiger partial charge is 0.227 e. The Bertz CT molecular complexity index is 1910. The van der Waals surface area contributed by atoms with E-state index >= 15 is 4.39 Å². The van der Waals surface area contributed by atoms with Gasteiger partial charge in [-0.1, -0.05) is 31.0 Å². The summed E-state index contributed by atoms with van der Waals surface area (Å²) in [5, 5.41) is 10.4. The van der Waals surface area contributed by atoms with Crippen LogP contribution in [-0.2, 0) is 4.79 Å². The zero-order valence-electron chi connectivity index (χ0n) is 21.2. The lowest BCUT2D eigenvalue weighted by Gasteiger charge is -2.11. The molecule has 0 radical (unpaired) electrons. The van der Waals surface area contributed by atoms with E-state index in [0.29, 0.717) is 50.4 Å². The van der Waals surface area contributed by atoms with Gasteiger partial charge in [0.15, 0.2) is 11.5 Å². The number of rotatable bonds is 5. The molecule has 4 heterocycles. The van der Waals surface area contributed by atoms with E-state index < -0.39 is 5.82 Å². The second-order valence-corrected chi connectivity index (χ2v) is 9.98. The highest BCUT2D eigenvalue weighted by atomic mass is 19.1. The van der Waals surface area contributed by atoms with Crippen molar-refractivity contribution in [2.45, 2.75) is 25.7 Å². The van der Waals surface area contributed by atoms with Gasteiger partial charge in [0, 0.05) is 40.6 Å². The number of aromatic nitrogens is 6. The first-order chi connectivity index (χ1) is 19.6. The van der Waals surface area contributed by atoms with E-state index in [0.717, 1.165) is 25.7 Å². The second-order valence-electron chi connectivity index (χ2n) is 9.98. The normalized spacial score (nSPS) is 13.8. The molecule has 0 spiro atoms. The van der Waals surface area contributed by atoms with Gasteiger partial charge in [0.2, 0.25) is 5.91 Å². The predicted octanol–water partition coefficient (Wildman–Crippen LogP) is 6.64. The van der Waals surface area contributed by atoms with Crippen molar-refractivity contribution >= 4 is 33.7 Å². The Morgan fingerprint density at radius 1 is 0.975 bits per heavy atom. The number of nitrogens with zero attached hydrogens (tertiary/aromatic N) is 4. The fraction of sp³-hybridized carbons (Fsp3) is 0.167. The third kappa shape index (κ3) is 4.08. The van der Waals surface area contributed by atoms with Crippen LogP contribution in [0, 0.1) is 17.6 Å². The van der Waals surface area contributed by atoms with Gasteiger partial charge in [-0.25, -0.2) is 18.7 Å². The summed E-state index contributed by atoms with van der Waals surface area (Å²) >= 11 is 0. The lowest BCUT2D eigenvalue weighted by atomic mass is 10.0. The number of carbonyl (C=O) groups excluding carboxylic acids is 1. The van der Waals surface area contributed by atoms with E-state index in [2.05, 4.69) is 35.5 Å². The van der Waals surface area contributed by atoms with E-state index in [1.807, 2.05) is 0 Å². The molecule has 1 amide bonds. The van der Waals surface area contributed by atoms with Crippen molar-refractivity contribution in [3.05, 3.63) is 78.8 Å². The number of nitrogens with one attached hydrogen (secondary N) is 3. The van der Waals surface area contributed by atoms with Crippen molar-refractivity contribution < 1.29 is 13.6 Å². The van der Waals surface area contributed by atoms with Crippen molar-refractivity contribution in [3.8, 4) is 33.8 Å². The molecule has 1 saturated carbocycles. The third-order valence-corrected chi connectivity index (χ3v) is 7.49. The SMILES string of the molecule is O=C(Nc1cncc(-c2ccc3[nH]nc(-c4nc5nccc(-c6ccccc6F)c5[nH]4)c3c2F)c1)C1CCCC1. The molecule has 40 heavy (non-hydrogen) atoms. The molecular formula is C30H23F2N7O. The molecule has 6 aromatic rings. The van der Waals surface area contributed by atoms with Gasteiger partial charge in [-0.2, -0.15) is 5.10 Å². The maximum atomic E-state index is 16.1. The summed E-state index contributed by atoms with van der Waals surface area (Å²) in [6.07, 6.45) is 8.55. The van der Waals surface area contributed by atoms with Crippen molar-refractivity contribution in [1.29, 1.82) is 0 Å². The lowest BCUT2D eigenvalue weighted by molar-refractivity contribution is -0.119. The Kier molecular flexibility index (Phi) is 5.80. The zero-order valence-corrected chi connectivity index (χ0v) is 21.2. The molecule has 1 aliphatic rings. The molecule has 1 fully saturated rings. The first kappa shape index (κ1) is 24.1. The lowest BCUT2D eigenvalue weighted by Crippen LogP contribution is -2.20. The molecule has 0 atom stereocenters.